The van der Waals surface area contributed by atoms with Crippen molar-refractivity contribution in [3.8, 4) is 0 Å². The number of rotatable bonds is 5. The number of nitrogens with zero attached hydrogens (tertiary/aromatic N) is 3. The Bertz CT molecular complexity index is 543. The van der Waals surface area contributed by atoms with E-state index in [-0.39, 0.29) is 24.0 Å². The van der Waals surface area contributed by atoms with Crippen molar-refractivity contribution in [2.75, 3.05) is 20.1 Å². The number of pyridine rings is 1. The summed E-state index contributed by atoms with van der Waals surface area (Å²) in [7, 11) is 1.75. The maximum Gasteiger partial charge on any atom is 0.191 e. The van der Waals surface area contributed by atoms with Gasteiger partial charge < -0.3 is 15.0 Å². The van der Waals surface area contributed by atoms with E-state index in [9.17, 15) is 0 Å². The lowest BCUT2D eigenvalue weighted by Gasteiger charge is -2.09. The lowest BCUT2D eigenvalue weighted by molar-refractivity contribution is 0.810. The van der Waals surface area contributed by atoms with Crippen LogP contribution in [0.1, 0.15) is 5.69 Å². The number of nitrogens with one attached hydrogen (secondary N) is 2. The van der Waals surface area contributed by atoms with Crippen molar-refractivity contribution in [1.29, 1.82) is 0 Å². The van der Waals surface area contributed by atoms with E-state index < -0.39 is 0 Å². The largest absolute Gasteiger partial charge is 0.356 e. The van der Waals surface area contributed by atoms with Crippen molar-refractivity contribution in [3.63, 3.8) is 0 Å². The van der Waals surface area contributed by atoms with Crippen LogP contribution in [0, 0.1) is 0 Å². The van der Waals surface area contributed by atoms with Crippen molar-refractivity contribution in [3.05, 3.63) is 48.9 Å². The molecule has 0 radical (unpaired) electrons. The molecule has 5 nitrogen and oxygen atoms in total. The average molecular weight is 385 g/mol. The summed E-state index contributed by atoms with van der Waals surface area (Å²) < 4.78 is 2.03. The third-order valence-electron chi connectivity index (χ3n) is 2.72. The molecule has 108 valence electrons. The number of hydrogen-bond acceptors (Lipinski definition) is 2. The van der Waals surface area contributed by atoms with Crippen LogP contribution >= 0.6 is 24.0 Å². The van der Waals surface area contributed by atoms with Gasteiger partial charge in [-0.1, -0.05) is 12.1 Å². The van der Waals surface area contributed by atoms with Gasteiger partial charge in [-0.25, -0.2) is 4.98 Å². The van der Waals surface area contributed by atoms with Crippen molar-refractivity contribution in [2.24, 2.45) is 4.99 Å². The summed E-state index contributed by atoms with van der Waals surface area (Å²) in [4.78, 5) is 8.66. The SMILES string of the molecule is C=CCNC(=NC)NCCc1cn2ccccc2n1.I. The van der Waals surface area contributed by atoms with Gasteiger partial charge in [-0.05, 0) is 12.1 Å². The third kappa shape index (κ3) is 4.52. The highest BCUT2D eigenvalue weighted by atomic mass is 127. The smallest absolute Gasteiger partial charge is 0.191 e. The molecule has 20 heavy (non-hydrogen) atoms. The number of hydrogen-bond donors (Lipinski definition) is 2. The minimum Gasteiger partial charge on any atom is -0.356 e. The van der Waals surface area contributed by atoms with E-state index in [1.54, 1.807) is 13.1 Å². The zero-order valence-electron chi connectivity index (χ0n) is 11.5. The first-order valence-electron chi connectivity index (χ1n) is 6.31. The van der Waals surface area contributed by atoms with Gasteiger partial charge in [0.1, 0.15) is 5.65 Å². The molecular weight excluding hydrogens is 365 g/mol. The second-order valence-corrected chi connectivity index (χ2v) is 4.12. The van der Waals surface area contributed by atoms with Crippen LogP contribution in [-0.4, -0.2) is 35.5 Å². The standard InChI is InChI=1S/C14H19N5.HI/c1-3-8-16-14(15-2)17-9-7-12-11-19-10-5-4-6-13(19)18-12;/h3-6,10-11H,1,7-9H2,2H3,(H2,15,16,17);1H. The molecule has 0 amide bonds. The molecule has 0 aromatic carbocycles. The van der Waals surface area contributed by atoms with Crippen LogP contribution in [0.3, 0.4) is 0 Å². The normalized spacial score (nSPS) is 10.9. The predicted molar refractivity (Wildman–Crippen MR) is 93.9 cm³/mol. The summed E-state index contributed by atoms with van der Waals surface area (Å²) in [5.41, 5.74) is 2.05. The Hall–Kier alpha value is -1.57. The molecule has 0 aliphatic heterocycles. The minimum absolute atomic E-state index is 0. The minimum atomic E-state index is 0. The summed E-state index contributed by atoms with van der Waals surface area (Å²) in [6, 6.07) is 5.99. The van der Waals surface area contributed by atoms with Gasteiger partial charge in [0.05, 0.1) is 5.69 Å². The van der Waals surface area contributed by atoms with E-state index in [2.05, 4.69) is 33.4 Å². The summed E-state index contributed by atoms with van der Waals surface area (Å²) in [5.74, 6) is 0.781. The first-order valence-corrected chi connectivity index (χ1v) is 6.31. The first kappa shape index (κ1) is 16.5. The zero-order valence-corrected chi connectivity index (χ0v) is 13.9. The highest BCUT2D eigenvalue weighted by molar-refractivity contribution is 14.0. The number of aromatic nitrogens is 2. The van der Waals surface area contributed by atoms with Gasteiger partial charge in [-0.15, -0.1) is 30.6 Å². The molecule has 6 heteroatoms. The predicted octanol–water partition coefficient (Wildman–Crippen LogP) is 1.85. The molecule has 0 bridgehead atoms. The van der Waals surface area contributed by atoms with E-state index in [0.29, 0.717) is 6.54 Å². The fourth-order valence-corrected chi connectivity index (χ4v) is 1.81. The second kappa shape index (κ2) is 8.57. The highest BCUT2D eigenvalue weighted by Crippen LogP contribution is 2.04. The van der Waals surface area contributed by atoms with Crippen molar-refractivity contribution in [2.45, 2.75) is 6.42 Å². The Balaban J connectivity index is 0.00000200. The summed E-state index contributed by atoms with van der Waals surface area (Å²) >= 11 is 0. The zero-order chi connectivity index (χ0) is 13.5. The molecule has 2 aromatic rings. The molecule has 2 N–H and O–H groups in total. The lowest BCUT2D eigenvalue weighted by atomic mass is 10.3. The van der Waals surface area contributed by atoms with E-state index in [1.165, 1.54) is 0 Å². The molecule has 0 aliphatic rings. The summed E-state index contributed by atoms with van der Waals surface area (Å²) in [5, 5.41) is 6.37. The summed E-state index contributed by atoms with van der Waals surface area (Å²) in [6.07, 6.45) is 6.71. The highest BCUT2D eigenvalue weighted by Gasteiger charge is 2.01. The van der Waals surface area contributed by atoms with Gasteiger partial charge in [0.2, 0.25) is 0 Å². The van der Waals surface area contributed by atoms with Crippen LogP contribution < -0.4 is 10.6 Å². The van der Waals surface area contributed by atoms with Gasteiger partial charge in [0.15, 0.2) is 5.96 Å². The third-order valence-corrected chi connectivity index (χ3v) is 2.72. The molecule has 0 atom stereocenters. The van der Waals surface area contributed by atoms with Gasteiger partial charge in [-0.3, -0.25) is 4.99 Å². The first-order chi connectivity index (χ1) is 9.33. The van der Waals surface area contributed by atoms with Gasteiger partial charge in [0.25, 0.3) is 0 Å². The van der Waals surface area contributed by atoms with E-state index in [4.69, 9.17) is 0 Å². The summed E-state index contributed by atoms with van der Waals surface area (Å²) in [6.45, 7) is 5.16. The molecule has 2 aromatic heterocycles. The maximum atomic E-state index is 4.54. The number of fused-ring (bicyclic) bond motifs is 1. The molecule has 0 saturated heterocycles. The fraction of sp³-hybridized carbons (Fsp3) is 0.286. The lowest BCUT2D eigenvalue weighted by Crippen LogP contribution is -2.38. The topological polar surface area (TPSA) is 53.7 Å². The molecule has 0 spiro atoms. The Morgan fingerprint density at radius 2 is 2.30 bits per heavy atom. The fourth-order valence-electron chi connectivity index (χ4n) is 1.81. The number of aliphatic imine (C=N–C) groups is 1. The molecule has 0 saturated carbocycles. The average Bonchev–Trinajstić information content (AvgIpc) is 2.85. The van der Waals surface area contributed by atoms with Crippen molar-refractivity contribution in [1.82, 2.24) is 20.0 Å². The molecule has 2 heterocycles. The Morgan fingerprint density at radius 1 is 1.45 bits per heavy atom. The Kier molecular flexibility index (Phi) is 7.06. The Morgan fingerprint density at radius 3 is 3.00 bits per heavy atom. The van der Waals surface area contributed by atoms with Crippen molar-refractivity contribution < 1.29 is 0 Å². The van der Waals surface area contributed by atoms with Gasteiger partial charge in [-0.2, -0.15) is 0 Å². The number of imidazole rings is 1. The second-order valence-electron chi connectivity index (χ2n) is 4.12. The van der Waals surface area contributed by atoms with E-state index in [0.717, 1.165) is 30.3 Å². The molecule has 2 rings (SSSR count). The number of guanidine groups is 1. The quantitative estimate of drug-likeness (QED) is 0.358. The van der Waals surface area contributed by atoms with Crippen LogP contribution in [0.4, 0.5) is 0 Å². The van der Waals surface area contributed by atoms with Crippen LogP contribution in [0.15, 0.2) is 48.2 Å². The Labute approximate surface area is 136 Å². The van der Waals surface area contributed by atoms with E-state index in [1.807, 2.05) is 28.8 Å². The molecular formula is C14H20IN5. The van der Waals surface area contributed by atoms with E-state index >= 15 is 0 Å². The van der Waals surface area contributed by atoms with Gasteiger partial charge in [0, 0.05) is 39.0 Å². The van der Waals surface area contributed by atoms with Crippen molar-refractivity contribution >= 4 is 35.6 Å². The van der Waals surface area contributed by atoms with Gasteiger partial charge >= 0.3 is 0 Å². The van der Waals surface area contributed by atoms with Crippen LogP contribution in [0.5, 0.6) is 0 Å². The molecule has 0 unspecified atom stereocenters. The molecule has 0 fully saturated rings. The maximum absolute atomic E-state index is 4.54. The van der Waals surface area contributed by atoms with Crippen LogP contribution in [0.2, 0.25) is 0 Å². The van der Waals surface area contributed by atoms with Crippen LogP contribution in [0.25, 0.3) is 5.65 Å². The molecule has 0 aliphatic carbocycles. The monoisotopic (exact) mass is 385 g/mol. The number of halogens is 1. The van der Waals surface area contributed by atoms with Crippen LogP contribution in [-0.2, 0) is 6.42 Å².